The van der Waals surface area contributed by atoms with E-state index in [9.17, 15) is 23.2 Å². The van der Waals surface area contributed by atoms with Crippen LogP contribution in [0.1, 0.15) is 54.2 Å². The second kappa shape index (κ2) is 11.4. The van der Waals surface area contributed by atoms with Crippen molar-refractivity contribution in [2.24, 2.45) is 0 Å². The van der Waals surface area contributed by atoms with Crippen molar-refractivity contribution in [1.82, 2.24) is 15.2 Å². The summed E-state index contributed by atoms with van der Waals surface area (Å²) in [5, 5.41) is 12.2. The van der Waals surface area contributed by atoms with Crippen LogP contribution in [-0.2, 0) is 16.0 Å². The van der Waals surface area contributed by atoms with Crippen molar-refractivity contribution in [2.45, 2.75) is 51.2 Å². The highest BCUT2D eigenvalue weighted by Crippen LogP contribution is 2.32. The van der Waals surface area contributed by atoms with Gasteiger partial charge in [0.25, 0.3) is 11.8 Å². The second-order valence-corrected chi connectivity index (χ2v) is 11.6. The van der Waals surface area contributed by atoms with Gasteiger partial charge in [0.2, 0.25) is 5.91 Å². The number of amides is 3. The number of nitriles is 1. The molecule has 3 heterocycles. The van der Waals surface area contributed by atoms with Gasteiger partial charge >= 0.3 is 6.09 Å². The molecule has 3 aromatic rings. The summed E-state index contributed by atoms with van der Waals surface area (Å²) < 4.78 is 33.0. The van der Waals surface area contributed by atoms with Crippen LogP contribution in [0.5, 0.6) is 0 Å². The highest BCUT2D eigenvalue weighted by atomic mass is 19.3. The average Bonchev–Trinajstić information content (AvgIpc) is 3.53. The summed E-state index contributed by atoms with van der Waals surface area (Å²) in [7, 11) is 0. The predicted octanol–water partition coefficient (Wildman–Crippen LogP) is 5.19. The highest BCUT2D eigenvalue weighted by Gasteiger charge is 2.47. The van der Waals surface area contributed by atoms with Gasteiger partial charge in [-0.15, -0.1) is 0 Å². The number of nitrogens with one attached hydrogen (secondary N) is 1. The zero-order valence-corrected chi connectivity index (χ0v) is 24.1. The number of rotatable bonds is 5. The second-order valence-electron chi connectivity index (χ2n) is 11.6. The number of fused-ring (bicyclic) bond motifs is 2. The lowest BCUT2D eigenvalue weighted by molar-refractivity contribution is -0.131. The summed E-state index contributed by atoms with van der Waals surface area (Å²) in [6, 6.07) is 13.3. The Hall–Kier alpha value is -4.85. The van der Waals surface area contributed by atoms with Gasteiger partial charge in [-0.05, 0) is 74.2 Å². The van der Waals surface area contributed by atoms with Crippen LogP contribution in [0, 0.1) is 11.3 Å². The van der Waals surface area contributed by atoms with Crippen LogP contribution in [0.25, 0.3) is 23.1 Å². The van der Waals surface area contributed by atoms with E-state index in [4.69, 9.17) is 10.00 Å². The number of halogens is 2. The van der Waals surface area contributed by atoms with E-state index >= 15 is 0 Å². The number of likely N-dealkylation sites (tertiary alicyclic amines) is 1. The van der Waals surface area contributed by atoms with E-state index < -0.39 is 48.9 Å². The Kier molecular flexibility index (Phi) is 7.88. The van der Waals surface area contributed by atoms with Gasteiger partial charge in [-0.2, -0.15) is 5.26 Å². The number of carbonyl (C=O) groups excluding carboxylic acids is 3. The standard InChI is InChI=1S/C32H31F2N5O4/c1-31(2,3)43-30(42)38-13-11-22-14-20(7-9-27(22)38)4-5-21-6-8-26-25(15-21)24(10-12-36-26)29(41)37-18-28(40)39-19-32(33,34)16-23(39)17-35/h4-10,12,14-15,23H,11,13,16,18-19H2,1-3H3,(H,37,41)/b5-4+/t23-/m0/s1. The summed E-state index contributed by atoms with van der Waals surface area (Å²) in [6.07, 6.45) is 4.94. The molecular formula is C32H31F2N5O4. The predicted molar refractivity (Wildman–Crippen MR) is 157 cm³/mol. The van der Waals surface area contributed by atoms with E-state index in [1.807, 2.05) is 57.2 Å². The van der Waals surface area contributed by atoms with Crippen molar-refractivity contribution >= 4 is 46.6 Å². The molecule has 1 N–H and O–H groups in total. The number of nitrogens with zero attached hydrogens (tertiary/aromatic N) is 4. The van der Waals surface area contributed by atoms with Gasteiger partial charge in [0.1, 0.15) is 11.6 Å². The zero-order valence-electron chi connectivity index (χ0n) is 24.1. The Morgan fingerprint density at radius 2 is 1.86 bits per heavy atom. The first-order valence-corrected chi connectivity index (χ1v) is 13.9. The third-order valence-corrected chi connectivity index (χ3v) is 7.23. The lowest BCUT2D eigenvalue weighted by atomic mass is 10.0. The minimum atomic E-state index is -3.13. The Morgan fingerprint density at radius 1 is 1.14 bits per heavy atom. The zero-order chi connectivity index (χ0) is 30.9. The molecule has 2 aliphatic heterocycles. The molecule has 5 rings (SSSR count). The molecule has 11 heteroatoms. The molecule has 0 saturated carbocycles. The number of aromatic nitrogens is 1. The molecule has 0 spiro atoms. The molecule has 0 bridgehead atoms. The van der Waals surface area contributed by atoms with Gasteiger partial charge in [-0.3, -0.25) is 19.5 Å². The molecule has 1 fully saturated rings. The molecule has 3 amide bonds. The third-order valence-electron chi connectivity index (χ3n) is 7.23. The number of carbonyl (C=O) groups is 3. The van der Waals surface area contributed by atoms with E-state index in [0.717, 1.165) is 33.7 Å². The van der Waals surface area contributed by atoms with E-state index in [0.29, 0.717) is 17.4 Å². The van der Waals surface area contributed by atoms with E-state index in [2.05, 4.69) is 10.3 Å². The lowest BCUT2D eigenvalue weighted by Gasteiger charge is -2.24. The number of hydrogen-bond acceptors (Lipinski definition) is 6. The van der Waals surface area contributed by atoms with Crippen molar-refractivity contribution in [3.05, 3.63) is 70.9 Å². The van der Waals surface area contributed by atoms with Crippen molar-refractivity contribution in [3.8, 4) is 6.07 Å². The maximum atomic E-state index is 13.7. The highest BCUT2D eigenvalue weighted by molar-refractivity contribution is 6.07. The molecule has 0 radical (unpaired) electrons. The van der Waals surface area contributed by atoms with E-state index in [1.165, 1.54) is 12.3 Å². The molecular weight excluding hydrogens is 556 g/mol. The first kappa shape index (κ1) is 29.6. The largest absolute Gasteiger partial charge is 0.443 e. The van der Waals surface area contributed by atoms with Crippen LogP contribution in [0.4, 0.5) is 19.3 Å². The number of alkyl halides is 2. The Labute approximate surface area is 247 Å². The molecule has 0 aliphatic carbocycles. The quantitative estimate of drug-likeness (QED) is 0.411. The van der Waals surface area contributed by atoms with Gasteiger partial charge in [0, 0.05) is 24.5 Å². The number of hydrogen-bond donors (Lipinski definition) is 1. The van der Waals surface area contributed by atoms with Crippen molar-refractivity contribution < 1.29 is 27.9 Å². The third kappa shape index (κ3) is 6.64. The molecule has 9 nitrogen and oxygen atoms in total. The number of pyridine rings is 1. The minimum absolute atomic E-state index is 0.274. The summed E-state index contributed by atoms with van der Waals surface area (Å²) in [5.41, 5.74) is 3.89. The molecule has 1 saturated heterocycles. The van der Waals surface area contributed by atoms with Crippen molar-refractivity contribution in [1.29, 1.82) is 5.26 Å². The SMILES string of the molecule is CC(C)(C)OC(=O)N1CCc2cc(/C=C/c3ccc4nccc(C(=O)NCC(=O)N5CC(F)(F)C[C@H]5C#N)c4c3)ccc21. The van der Waals surface area contributed by atoms with Crippen LogP contribution in [-0.4, -0.2) is 65.0 Å². The maximum absolute atomic E-state index is 13.7. The van der Waals surface area contributed by atoms with Crippen LogP contribution in [0.15, 0.2) is 48.7 Å². The summed E-state index contributed by atoms with van der Waals surface area (Å²) in [6.45, 7) is 4.70. The summed E-state index contributed by atoms with van der Waals surface area (Å²) >= 11 is 0. The monoisotopic (exact) mass is 587 g/mol. The molecule has 2 aliphatic rings. The van der Waals surface area contributed by atoms with Crippen molar-refractivity contribution in [2.75, 3.05) is 24.5 Å². The lowest BCUT2D eigenvalue weighted by Crippen LogP contribution is -2.43. The average molecular weight is 588 g/mol. The van der Waals surface area contributed by atoms with Gasteiger partial charge in [0.05, 0.1) is 35.9 Å². The molecule has 0 unspecified atom stereocenters. The molecule has 43 heavy (non-hydrogen) atoms. The van der Waals surface area contributed by atoms with E-state index in [1.54, 1.807) is 23.1 Å². The number of benzene rings is 2. The van der Waals surface area contributed by atoms with Gasteiger partial charge < -0.3 is 15.0 Å². The van der Waals surface area contributed by atoms with Gasteiger partial charge in [-0.25, -0.2) is 13.6 Å². The van der Waals surface area contributed by atoms with Crippen LogP contribution in [0.2, 0.25) is 0 Å². The Bertz CT molecular complexity index is 1670. The fraction of sp³-hybridized carbons (Fsp3) is 0.344. The molecule has 222 valence electrons. The topological polar surface area (TPSA) is 116 Å². The first-order chi connectivity index (χ1) is 20.3. The Morgan fingerprint density at radius 3 is 2.58 bits per heavy atom. The molecule has 1 aromatic heterocycles. The minimum Gasteiger partial charge on any atom is -0.443 e. The first-order valence-electron chi connectivity index (χ1n) is 13.9. The fourth-order valence-corrected chi connectivity index (χ4v) is 5.24. The van der Waals surface area contributed by atoms with Gasteiger partial charge in [-0.1, -0.05) is 24.3 Å². The molecule has 1 atom stereocenters. The summed E-state index contributed by atoms with van der Waals surface area (Å²) in [5.74, 6) is -4.44. The van der Waals surface area contributed by atoms with Gasteiger partial charge in [0.15, 0.2) is 0 Å². The number of anilines is 1. The smallest absolute Gasteiger partial charge is 0.414 e. The van der Waals surface area contributed by atoms with Crippen LogP contribution >= 0.6 is 0 Å². The maximum Gasteiger partial charge on any atom is 0.414 e. The fourth-order valence-electron chi connectivity index (χ4n) is 5.24. The molecule has 2 aromatic carbocycles. The number of ether oxygens (including phenoxy) is 1. The summed E-state index contributed by atoms with van der Waals surface area (Å²) in [4.78, 5) is 44.9. The van der Waals surface area contributed by atoms with Crippen LogP contribution < -0.4 is 10.2 Å². The van der Waals surface area contributed by atoms with E-state index in [-0.39, 0.29) is 11.7 Å². The van der Waals surface area contributed by atoms with Crippen molar-refractivity contribution in [3.63, 3.8) is 0 Å². The van der Waals surface area contributed by atoms with Crippen LogP contribution in [0.3, 0.4) is 0 Å². The normalized spacial score (nSPS) is 17.6. The Balaban J connectivity index is 1.29.